The SMILES string of the molecule is NC(=O)CN(C(=O)c1ccn(-c2cccc(F)c2)n1)C1CCCC1. The van der Waals surface area contributed by atoms with Crippen molar-refractivity contribution in [3.8, 4) is 5.69 Å². The van der Waals surface area contributed by atoms with E-state index in [1.807, 2.05) is 0 Å². The smallest absolute Gasteiger partial charge is 0.275 e. The minimum atomic E-state index is -0.542. The molecule has 2 N–H and O–H groups in total. The summed E-state index contributed by atoms with van der Waals surface area (Å²) in [6.07, 6.45) is 5.39. The molecule has 0 saturated heterocycles. The van der Waals surface area contributed by atoms with Gasteiger partial charge in [0.15, 0.2) is 5.69 Å². The quantitative estimate of drug-likeness (QED) is 0.909. The number of aromatic nitrogens is 2. The number of nitrogens with two attached hydrogens (primary N) is 1. The summed E-state index contributed by atoms with van der Waals surface area (Å²) < 4.78 is 14.8. The number of primary amides is 1. The summed E-state index contributed by atoms with van der Waals surface area (Å²) in [5.41, 5.74) is 6.03. The molecule has 24 heavy (non-hydrogen) atoms. The van der Waals surface area contributed by atoms with Crippen LogP contribution >= 0.6 is 0 Å². The van der Waals surface area contributed by atoms with Crippen LogP contribution in [0.5, 0.6) is 0 Å². The molecular formula is C17H19FN4O2. The molecule has 2 aromatic rings. The first-order chi connectivity index (χ1) is 11.5. The van der Waals surface area contributed by atoms with Gasteiger partial charge in [0.25, 0.3) is 5.91 Å². The number of rotatable bonds is 5. The van der Waals surface area contributed by atoms with Crippen molar-refractivity contribution in [2.24, 2.45) is 5.73 Å². The van der Waals surface area contributed by atoms with Crippen LogP contribution in [0.15, 0.2) is 36.5 Å². The molecule has 0 bridgehead atoms. The summed E-state index contributed by atoms with van der Waals surface area (Å²) in [5, 5.41) is 4.23. The van der Waals surface area contributed by atoms with Gasteiger partial charge < -0.3 is 10.6 Å². The Morgan fingerprint density at radius 1 is 1.29 bits per heavy atom. The Labute approximate surface area is 139 Å². The van der Waals surface area contributed by atoms with Gasteiger partial charge in [0.05, 0.1) is 12.2 Å². The Morgan fingerprint density at radius 3 is 2.71 bits per heavy atom. The monoisotopic (exact) mass is 330 g/mol. The highest BCUT2D eigenvalue weighted by atomic mass is 19.1. The van der Waals surface area contributed by atoms with Gasteiger partial charge in [0.2, 0.25) is 5.91 Å². The molecule has 3 rings (SSSR count). The maximum absolute atomic E-state index is 13.3. The molecule has 0 radical (unpaired) electrons. The Hall–Kier alpha value is -2.70. The first-order valence-corrected chi connectivity index (χ1v) is 7.95. The average Bonchev–Trinajstić information content (AvgIpc) is 3.23. The lowest BCUT2D eigenvalue weighted by molar-refractivity contribution is -0.119. The number of carbonyl (C=O) groups excluding carboxylic acids is 2. The number of hydrogen-bond acceptors (Lipinski definition) is 3. The van der Waals surface area contributed by atoms with Crippen LogP contribution in [0.1, 0.15) is 36.2 Å². The zero-order chi connectivity index (χ0) is 17.1. The zero-order valence-electron chi connectivity index (χ0n) is 13.2. The van der Waals surface area contributed by atoms with Crippen molar-refractivity contribution in [2.45, 2.75) is 31.7 Å². The fraction of sp³-hybridized carbons (Fsp3) is 0.353. The lowest BCUT2D eigenvalue weighted by atomic mass is 10.2. The van der Waals surface area contributed by atoms with E-state index in [4.69, 9.17) is 5.73 Å². The first-order valence-electron chi connectivity index (χ1n) is 7.95. The molecular weight excluding hydrogens is 311 g/mol. The van der Waals surface area contributed by atoms with Gasteiger partial charge in [-0.05, 0) is 37.1 Å². The summed E-state index contributed by atoms with van der Waals surface area (Å²) in [7, 11) is 0. The molecule has 126 valence electrons. The predicted molar refractivity (Wildman–Crippen MR) is 86.0 cm³/mol. The summed E-state index contributed by atoms with van der Waals surface area (Å²) >= 11 is 0. The highest BCUT2D eigenvalue weighted by molar-refractivity contribution is 5.95. The summed E-state index contributed by atoms with van der Waals surface area (Å²) in [6, 6.07) is 7.53. The van der Waals surface area contributed by atoms with E-state index in [1.165, 1.54) is 21.7 Å². The van der Waals surface area contributed by atoms with Gasteiger partial charge >= 0.3 is 0 Å². The number of carbonyl (C=O) groups is 2. The predicted octanol–water partition coefficient (Wildman–Crippen LogP) is 1.88. The minimum absolute atomic E-state index is 0.0179. The van der Waals surface area contributed by atoms with Crippen molar-refractivity contribution in [3.05, 3.63) is 48.0 Å². The van der Waals surface area contributed by atoms with Gasteiger partial charge in [-0.2, -0.15) is 5.10 Å². The van der Waals surface area contributed by atoms with E-state index in [1.54, 1.807) is 24.4 Å². The van der Waals surface area contributed by atoms with Gasteiger partial charge in [0, 0.05) is 12.2 Å². The summed E-state index contributed by atoms with van der Waals surface area (Å²) in [5.74, 6) is -1.24. The van der Waals surface area contributed by atoms with Crippen LogP contribution in [0.4, 0.5) is 4.39 Å². The third-order valence-corrected chi connectivity index (χ3v) is 4.23. The van der Waals surface area contributed by atoms with Crippen molar-refractivity contribution >= 4 is 11.8 Å². The molecule has 2 amide bonds. The second-order valence-corrected chi connectivity index (χ2v) is 5.96. The topological polar surface area (TPSA) is 81.2 Å². The van der Waals surface area contributed by atoms with Crippen LogP contribution in [0, 0.1) is 5.82 Å². The summed E-state index contributed by atoms with van der Waals surface area (Å²) in [6.45, 7) is -0.115. The van der Waals surface area contributed by atoms with Crippen molar-refractivity contribution in [2.75, 3.05) is 6.54 Å². The largest absolute Gasteiger partial charge is 0.368 e. The zero-order valence-corrected chi connectivity index (χ0v) is 13.2. The first kappa shape index (κ1) is 16.2. The van der Waals surface area contributed by atoms with Gasteiger partial charge in [-0.15, -0.1) is 0 Å². The number of hydrogen-bond donors (Lipinski definition) is 1. The highest BCUT2D eigenvalue weighted by Crippen LogP contribution is 2.24. The van der Waals surface area contributed by atoms with Crippen LogP contribution in [0.2, 0.25) is 0 Å². The van der Waals surface area contributed by atoms with E-state index >= 15 is 0 Å². The third kappa shape index (κ3) is 3.45. The van der Waals surface area contributed by atoms with Gasteiger partial charge in [-0.25, -0.2) is 9.07 Å². The maximum Gasteiger partial charge on any atom is 0.275 e. The molecule has 1 aromatic carbocycles. The molecule has 1 aromatic heterocycles. The van der Waals surface area contributed by atoms with Crippen LogP contribution in [-0.4, -0.2) is 39.1 Å². The second-order valence-electron chi connectivity index (χ2n) is 5.96. The Balaban J connectivity index is 1.84. The van der Waals surface area contributed by atoms with Crippen LogP contribution in [-0.2, 0) is 4.79 Å². The highest BCUT2D eigenvalue weighted by Gasteiger charge is 2.29. The van der Waals surface area contributed by atoms with E-state index in [0.29, 0.717) is 5.69 Å². The van der Waals surface area contributed by atoms with Crippen molar-refractivity contribution in [1.29, 1.82) is 0 Å². The normalized spacial score (nSPS) is 14.7. The van der Waals surface area contributed by atoms with Crippen LogP contribution in [0.25, 0.3) is 5.69 Å². The lowest BCUT2D eigenvalue weighted by Gasteiger charge is -2.26. The molecule has 0 atom stereocenters. The number of amides is 2. The fourth-order valence-electron chi connectivity index (χ4n) is 3.10. The van der Waals surface area contributed by atoms with Gasteiger partial charge in [0.1, 0.15) is 5.82 Å². The van der Waals surface area contributed by atoms with Crippen molar-refractivity contribution in [3.63, 3.8) is 0 Å². The van der Waals surface area contributed by atoms with E-state index in [9.17, 15) is 14.0 Å². The maximum atomic E-state index is 13.3. The number of benzene rings is 1. The molecule has 0 unspecified atom stereocenters. The molecule has 1 saturated carbocycles. The second kappa shape index (κ2) is 6.82. The van der Waals surface area contributed by atoms with Crippen molar-refractivity contribution < 1.29 is 14.0 Å². The molecule has 1 aliphatic carbocycles. The van der Waals surface area contributed by atoms with E-state index in [2.05, 4.69) is 5.10 Å². The molecule has 7 heteroatoms. The van der Waals surface area contributed by atoms with Gasteiger partial charge in [-0.1, -0.05) is 18.9 Å². The van der Waals surface area contributed by atoms with Crippen LogP contribution < -0.4 is 5.73 Å². The number of halogens is 1. The van der Waals surface area contributed by atoms with Gasteiger partial charge in [-0.3, -0.25) is 9.59 Å². The Morgan fingerprint density at radius 2 is 2.04 bits per heavy atom. The third-order valence-electron chi connectivity index (χ3n) is 4.23. The molecule has 1 fully saturated rings. The lowest BCUT2D eigenvalue weighted by Crippen LogP contribution is -2.44. The fourth-order valence-corrected chi connectivity index (χ4v) is 3.10. The molecule has 0 aliphatic heterocycles. The van der Waals surface area contributed by atoms with E-state index < -0.39 is 5.91 Å². The summed E-state index contributed by atoms with van der Waals surface area (Å²) in [4.78, 5) is 25.6. The molecule has 0 spiro atoms. The Kier molecular flexibility index (Phi) is 4.59. The molecule has 6 nitrogen and oxygen atoms in total. The average molecular weight is 330 g/mol. The minimum Gasteiger partial charge on any atom is -0.368 e. The Bertz CT molecular complexity index is 753. The van der Waals surface area contributed by atoms with E-state index in [0.717, 1.165) is 25.7 Å². The number of nitrogens with zero attached hydrogens (tertiary/aromatic N) is 3. The standard InChI is InChI=1S/C17H19FN4O2/c18-12-4-3-7-14(10-12)22-9-8-15(20-22)17(24)21(11-16(19)23)13-5-1-2-6-13/h3-4,7-10,13H,1-2,5-6,11H2,(H2,19,23). The molecule has 1 aliphatic rings. The van der Waals surface area contributed by atoms with E-state index in [-0.39, 0.29) is 30.0 Å². The molecule has 1 heterocycles. The van der Waals surface area contributed by atoms with Crippen molar-refractivity contribution in [1.82, 2.24) is 14.7 Å². The van der Waals surface area contributed by atoms with Crippen LogP contribution in [0.3, 0.4) is 0 Å².